The first-order valence-corrected chi connectivity index (χ1v) is 5.15. The minimum Gasteiger partial charge on any atom is -0.321 e. The summed E-state index contributed by atoms with van der Waals surface area (Å²) in [6, 6.07) is -0.150. The molecule has 74 valence electrons. The second kappa shape index (κ2) is 3.85. The van der Waals surface area contributed by atoms with Crippen molar-refractivity contribution >= 4 is 11.3 Å². The summed E-state index contributed by atoms with van der Waals surface area (Å²) < 4.78 is 0. The van der Waals surface area contributed by atoms with Crippen LogP contribution in [0.5, 0.6) is 0 Å². The van der Waals surface area contributed by atoms with Gasteiger partial charge in [-0.05, 0) is 6.92 Å². The highest BCUT2D eigenvalue weighted by Gasteiger charge is 2.11. The second-order valence-corrected chi connectivity index (χ2v) is 4.01. The van der Waals surface area contributed by atoms with Crippen LogP contribution in [0.2, 0.25) is 0 Å². The first-order valence-electron chi connectivity index (χ1n) is 4.27. The molecule has 0 aliphatic carbocycles. The Morgan fingerprint density at radius 1 is 1.64 bits per heavy atom. The highest BCUT2D eigenvalue weighted by atomic mass is 32.1. The van der Waals surface area contributed by atoms with E-state index >= 15 is 0 Å². The van der Waals surface area contributed by atoms with E-state index in [0.717, 1.165) is 10.7 Å². The van der Waals surface area contributed by atoms with E-state index in [1.807, 2.05) is 12.3 Å². The van der Waals surface area contributed by atoms with E-state index in [9.17, 15) is 0 Å². The van der Waals surface area contributed by atoms with E-state index in [1.165, 1.54) is 6.33 Å². The Morgan fingerprint density at radius 2 is 2.50 bits per heavy atom. The van der Waals surface area contributed by atoms with Gasteiger partial charge >= 0.3 is 0 Å². The molecule has 1 unspecified atom stereocenters. The maximum atomic E-state index is 5.91. The number of H-pyrrole nitrogens is 1. The zero-order valence-electron chi connectivity index (χ0n) is 7.77. The van der Waals surface area contributed by atoms with Gasteiger partial charge < -0.3 is 5.73 Å². The average Bonchev–Trinajstić information content (AvgIpc) is 2.75. The molecule has 2 rings (SSSR count). The van der Waals surface area contributed by atoms with Gasteiger partial charge in [0.15, 0.2) is 0 Å². The Kier molecular flexibility index (Phi) is 2.55. The Balaban J connectivity index is 2.05. The summed E-state index contributed by atoms with van der Waals surface area (Å²) in [6.07, 6.45) is 2.16. The molecule has 2 aromatic heterocycles. The zero-order valence-corrected chi connectivity index (χ0v) is 8.58. The van der Waals surface area contributed by atoms with Gasteiger partial charge in [0, 0.05) is 17.5 Å². The highest BCUT2D eigenvalue weighted by Crippen LogP contribution is 2.15. The molecule has 0 spiro atoms. The lowest BCUT2D eigenvalue weighted by Gasteiger charge is -2.04. The highest BCUT2D eigenvalue weighted by molar-refractivity contribution is 7.09. The number of aryl methyl sites for hydroxylation is 1. The number of aromatic nitrogens is 4. The number of nitrogens with zero attached hydrogens (tertiary/aromatic N) is 3. The standard InChI is InChI=1S/C8H11N5S/c1-5-3-14-7(12-5)2-6(9)8-10-4-11-13-8/h3-4,6H,2,9H2,1H3,(H,10,11,13). The molecule has 0 saturated carbocycles. The van der Waals surface area contributed by atoms with E-state index in [0.29, 0.717) is 12.2 Å². The molecule has 0 saturated heterocycles. The molecule has 0 radical (unpaired) electrons. The molecule has 0 fully saturated rings. The quantitative estimate of drug-likeness (QED) is 0.784. The summed E-state index contributed by atoms with van der Waals surface area (Å²) in [4.78, 5) is 8.34. The van der Waals surface area contributed by atoms with E-state index in [2.05, 4.69) is 20.2 Å². The molecule has 2 heterocycles. The van der Waals surface area contributed by atoms with Crippen LogP contribution in [0.4, 0.5) is 0 Å². The molecule has 14 heavy (non-hydrogen) atoms. The summed E-state index contributed by atoms with van der Waals surface area (Å²) >= 11 is 1.62. The van der Waals surface area contributed by atoms with Gasteiger partial charge in [0.2, 0.25) is 0 Å². The maximum Gasteiger partial charge on any atom is 0.141 e. The predicted octanol–water partition coefficient (Wildman–Crippen LogP) is 0.812. The van der Waals surface area contributed by atoms with E-state index in [1.54, 1.807) is 11.3 Å². The van der Waals surface area contributed by atoms with Gasteiger partial charge in [-0.3, -0.25) is 5.10 Å². The lowest BCUT2D eigenvalue weighted by molar-refractivity contribution is 0.667. The molecule has 0 aromatic carbocycles. The normalized spacial score (nSPS) is 13.0. The van der Waals surface area contributed by atoms with Gasteiger partial charge in [-0.1, -0.05) is 0 Å². The monoisotopic (exact) mass is 209 g/mol. The summed E-state index contributed by atoms with van der Waals surface area (Å²) in [6.45, 7) is 1.97. The summed E-state index contributed by atoms with van der Waals surface area (Å²) in [5.41, 5.74) is 6.95. The molecule has 2 aromatic rings. The molecule has 3 N–H and O–H groups in total. The van der Waals surface area contributed by atoms with Crippen LogP contribution in [0.1, 0.15) is 22.6 Å². The molecule has 0 aliphatic rings. The fraction of sp³-hybridized carbons (Fsp3) is 0.375. The third-order valence-electron chi connectivity index (χ3n) is 1.85. The van der Waals surface area contributed by atoms with Crippen LogP contribution in [0.15, 0.2) is 11.7 Å². The van der Waals surface area contributed by atoms with Crippen molar-refractivity contribution < 1.29 is 0 Å². The van der Waals surface area contributed by atoms with Crippen molar-refractivity contribution in [3.05, 3.63) is 28.2 Å². The second-order valence-electron chi connectivity index (χ2n) is 3.06. The molecular formula is C8H11N5S. The lowest BCUT2D eigenvalue weighted by atomic mass is 10.2. The lowest BCUT2D eigenvalue weighted by Crippen LogP contribution is -2.14. The third-order valence-corrected chi connectivity index (χ3v) is 2.83. The van der Waals surface area contributed by atoms with E-state index < -0.39 is 0 Å². The summed E-state index contributed by atoms with van der Waals surface area (Å²) in [5, 5.41) is 9.56. The van der Waals surface area contributed by atoms with Gasteiger partial charge in [-0.2, -0.15) is 5.10 Å². The van der Waals surface area contributed by atoms with Crippen LogP contribution in [0.3, 0.4) is 0 Å². The molecule has 0 amide bonds. The van der Waals surface area contributed by atoms with Crippen LogP contribution >= 0.6 is 11.3 Å². The Labute approximate surface area is 85.4 Å². The van der Waals surface area contributed by atoms with Gasteiger partial charge in [0.05, 0.1) is 11.0 Å². The molecule has 1 atom stereocenters. The third kappa shape index (κ3) is 1.97. The van der Waals surface area contributed by atoms with Crippen LogP contribution in [0, 0.1) is 6.92 Å². The summed E-state index contributed by atoms with van der Waals surface area (Å²) in [5.74, 6) is 0.706. The van der Waals surface area contributed by atoms with Crippen molar-refractivity contribution in [3.63, 3.8) is 0 Å². The van der Waals surface area contributed by atoms with Crippen molar-refractivity contribution in [3.8, 4) is 0 Å². The number of aromatic amines is 1. The van der Waals surface area contributed by atoms with Crippen LogP contribution in [0.25, 0.3) is 0 Å². The number of thiazole rings is 1. The maximum absolute atomic E-state index is 5.91. The fourth-order valence-corrected chi connectivity index (χ4v) is 2.01. The average molecular weight is 209 g/mol. The van der Waals surface area contributed by atoms with Crippen molar-refractivity contribution in [2.75, 3.05) is 0 Å². The molecule has 0 aliphatic heterocycles. The number of rotatable bonds is 3. The first-order chi connectivity index (χ1) is 6.75. The van der Waals surface area contributed by atoms with E-state index in [-0.39, 0.29) is 6.04 Å². The SMILES string of the molecule is Cc1csc(CC(N)c2ncn[nH]2)n1. The van der Waals surface area contributed by atoms with E-state index in [4.69, 9.17) is 5.73 Å². The number of nitrogens with one attached hydrogen (secondary N) is 1. The van der Waals surface area contributed by atoms with Crippen molar-refractivity contribution in [1.29, 1.82) is 0 Å². The van der Waals surface area contributed by atoms with Gasteiger partial charge in [-0.25, -0.2) is 9.97 Å². The smallest absolute Gasteiger partial charge is 0.141 e. The van der Waals surface area contributed by atoms with Gasteiger partial charge in [-0.15, -0.1) is 11.3 Å². The van der Waals surface area contributed by atoms with Gasteiger partial charge in [0.1, 0.15) is 12.2 Å². The Hall–Kier alpha value is -1.27. The fourth-order valence-electron chi connectivity index (χ4n) is 1.17. The molecular weight excluding hydrogens is 198 g/mol. The van der Waals surface area contributed by atoms with Crippen LogP contribution in [-0.4, -0.2) is 20.2 Å². The molecule has 0 bridgehead atoms. The Morgan fingerprint density at radius 3 is 3.07 bits per heavy atom. The summed E-state index contributed by atoms with van der Waals surface area (Å²) in [7, 11) is 0. The minimum atomic E-state index is -0.150. The van der Waals surface area contributed by atoms with Crippen LogP contribution in [-0.2, 0) is 6.42 Å². The molecule has 6 heteroatoms. The number of hydrogen-bond donors (Lipinski definition) is 2. The topological polar surface area (TPSA) is 80.5 Å². The zero-order chi connectivity index (χ0) is 9.97. The van der Waals surface area contributed by atoms with Gasteiger partial charge in [0.25, 0.3) is 0 Å². The first kappa shape index (κ1) is 9.29. The molecule has 5 nitrogen and oxygen atoms in total. The predicted molar refractivity (Wildman–Crippen MR) is 53.9 cm³/mol. The van der Waals surface area contributed by atoms with Crippen molar-refractivity contribution in [1.82, 2.24) is 20.2 Å². The Bertz CT molecular complexity index is 394. The minimum absolute atomic E-state index is 0.150. The van der Waals surface area contributed by atoms with Crippen molar-refractivity contribution in [2.24, 2.45) is 5.73 Å². The number of hydrogen-bond acceptors (Lipinski definition) is 5. The van der Waals surface area contributed by atoms with Crippen LogP contribution < -0.4 is 5.73 Å². The van der Waals surface area contributed by atoms with Crippen molar-refractivity contribution in [2.45, 2.75) is 19.4 Å². The number of nitrogens with two attached hydrogens (primary N) is 1. The largest absolute Gasteiger partial charge is 0.321 e.